The van der Waals surface area contributed by atoms with Crippen LogP contribution in [0.25, 0.3) is 0 Å². The van der Waals surface area contributed by atoms with Crippen LogP contribution in [-0.4, -0.2) is 29.3 Å². The van der Waals surface area contributed by atoms with Crippen LogP contribution < -0.4 is 11.1 Å². The zero-order valence-corrected chi connectivity index (χ0v) is 7.97. The summed E-state index contributed by atoms with van der Waals surface area (Å²) in [5.74, 6) is -0.140. The summed E-state index contributed by atoms with van der Waals surface area (Å²) in [7, 11) is 0. The molecule has 0 radical (unpaired) electrons. The Labute approximate surface area is 80.0 Å². The zero-order chi connectivity index (χ0) is 11.4. The molecule has 14 heavy (non-hydrogen) atoms. The van der Waals surface area contributed by atoms with E-state index >= 15 is 0 Å². The minimum absolute atomic E-state index is 0.140. The van der Waals surface area contributed by atoms with Gasteiger partial charge in [-0.05, 0) is 13.8 Å². The fourth-order valence-electron chi connectivity index (χ4n) is 1.00. The molecule has 0 aliphatic carbocycles. The van der Waals surface area contributed by atoms with Crippen LogP contribution in [0, 0.1) is 0 Å². The number of hydrogen-bond donors (Lipinski definition) is 3. The lowest BCUT2D eigenvalue weighted by atomic mass is 10.2. The quantitative estimate of drug-likeness (QED) is 0.283. The van der Waals surface area contributed by atoms with E-state index in [0.29, 0.717) is 0 Å². The number of halogens is 3. The zero-order valence-electron chi connectivity index (χ0n) is 7.97. The number of nitrogens with one attached hydrogen (secondary N) is 1. The van der Waals surface area contributed by atoms with Gasteiger partial charge in [-0.25, -0.2) is 0 Å². The van der Waals surface area contributed by atoms with Crippen LogP contribution >= 0.6 is 0 Å². The summed E-state index contributed by atoms with van der Waals surface area (Å²) in [6, 6.07) is -1.36. The highest BCUT2D eigenvalue weighted by Gasteiger charge is 2.30. The predicted molar refractivity (Wildman–Crippen MR) is 46.1 cm³/mol. The molecule has 0 amide bonds. The molecular weight excluding hydrogens is 199 g/mol. The second-order valence-corrected chi connectivity index (χ2v) is 3.13. The van der Waals surface area contributed by atoms with E-state index in [-0.39, 0.29) is 5.84 Å². The third-order valence-electron chi connectivity index (χ3n) is 1.63. The van der Waals surface area contributed by atoms with Gasteiger partial charge in [-0.3, -0.25) is 0 Å². The highest BCUT2D eigenvalue weighted by Crippen LogP contribution is 2.21. The van der Waals surface area contributed by atoms with Crippen LogP contribution in [0.3, 0.4) is 0 Å². The molecule has 0 bridgehead atoms. The molecule has 0 spiro atoms. The van der Waals surface area contributed by atoms with Gasteiger partial charge in [0.1, 0.15) is 0 Å². The Kier molecular flexibility index (Phi) is 4.69. The van der Waals surface area contributed by atoms with E-state index in [4.69, 9.17) is 10.9 Å². The summed E-state index contributed by atoms with van der Waals surface area (Å²) in [5, 5.41) is 13.5. The van der Waals surface area contributed by atoms with Crippen LogP contribution in [0.15, 0.2) is 5.16 Å². The molecule has 0 aliphatic rings. The molecule has 7 heteroatoms. The normalized spacial score (nSPS) is 17.9. The average molecular weight is 213 g/mol. The number of hydrogen-bond acceptors (Lipinski definition) is 3. The van der Waals surface area contributed by atoms with E-state index < -0.39 is 24.7 Å². The van der Waals surface area contributed by atoms with Gasteiger partial charge in [-0.15, -0.1) is 0 Å². The summed E-state index contributed by atoms with van der Waals surface area (Å²) in [4.78, 5) is 0. The van der Waals surface area contributed by atoms with E-state index in [2.05, 4.69) is 10.5 Å². The standard InChI is InChI=1S/C7H14F3N3O/c1-4(3-7(8,9)10)12-5(2)6(11)13-14/h4-5,12,14H,3H2,1-2H3,(H2,11,13). The molecule has 4 nitrogen and oxygen atoms in total. The largest absolute Gasteiger partial charge is 0.409 e. The summed E-state index contributed by atoms with van der Waals surface area (Å²) in [6.45, 7) is 2.90. The fourth-order valence-corrected chi connectivity index (χ4v) is 1.00. The van der Waals surface area contributed by atoms with Gasteiger partial charge in [-0.2, -0.15) is 13.2 Å². The van der Waals surface area contributed by atoms with Crippen molar-refractivity contribution in [3.05, 3.63) is 0 Å². The SMILES string of the molecule is CC(CC(F)(F)F)NC(C)C(N)=NO. The molecule has 0 heterocycles. The van der Waals surface area contributed by atoms with Gasteiger partial charge < -0.3 is 16.3 Å². The lowest BCUT2D eigenvalue weighted by Gasteiger charge is -2.19. The second kappa shape index (κ2) is 5.04. The van der Waals surface area contributed by atoms with Gasteiger partial charge in [0, 0.05) is 6.04 Å². The molecule has 0 aromatic rings. The maximum absolute atomic E-state index is 11.9. The van der Waals surface area contributed by atoms with E-state index in [1.165, 1.54) is 13.8 Å². The highest BCUT2D eigenvalue weighted by atomic mass is 19.4. The van der Waals surface area contributed by atoms with Crippen molar-refractivity contribution in [1.29, 1.82) is 0 Å². The summed E-state index contributed by atoms with van der Waals surface area (Å²) in [6.07, 6.45) is -5.16. The van der Waals surface area contributed by atoms with Gasteiger partial charge in [0.25, 0.3) is 0 Å². The lowest BCUT2D eigenvalue weighted by Crippen LogP contribution is -2.44. The van der Waals surface area contributed by atoms with Gasteiger partial charge in [-0.1, -0.05) is 5.16 Å². The average Bonchev–Trinajstić information content (AvgIpc) is 1.99. The summed E-state index contributed by atoms with van der Waals surface area (Å²) >= 11 is 0. The molecule has 0 rings (SSSR count). The van der Waals surface area contributed by atoms with Crippen molar-refractivity contribution in [2.75, 3.05) is 0 Å². The second-order valence-electron chi connectivity index (χ2n) is 3.13. The van der Waals surface area contributed by atoms with Crippen LogP contribution in [0.1, 0.15) is 20.3 Å². The van der Waals surface area contributed by atoms with E-state index in [0.717, 1.165) is 0 Å². The minimum atomic E-state index is -4.21. The molecule has 0 fully saturated rings. The number of nitrogens with zero attached hydrogens (tertiary/aromatic N) is 1. The first-order valence-electron chi connectivity index (χ1n) is 4.06. The molecule has 0 saturated carbocycles. The first-order chi connectivity index (χ1) is 6.26. The van der Waals surface area contributed by atoms with Crippen molar-refractivity contribution < 1.29 is 18.4 Å². The van der Waals surface area contributed by atoms with Crippen molar-refractivity contribution in [2.45, 2.75) is 38.5 Å². The monoisotopic (exact) mass is 213 g/mol. The van der Waals surface area contributed by atoms with Crippen molar-refractivity contribution in [3.63, 3.8) is 0 Å². The molecule has 0 saturated heterocycles. The molecule has 0 aromatic carbocycles. The van der Waals surface area contributed by atoms with Crippen molar-refractivity contribution in [2.24, 2.45) is 10.9 Å². The number of alkyl halides is 3. The summed E-state index contributed by atoms with van der Waals surface area (Å²) in [5.41, 5.74) is 5.18. The molecule has 2 atom stereocenters. The molecule has 0 aliphatic heterocycles. The third kappa shape index (κ3) is 5.63. The summed E-state index contributed by atoms with van der Waals surface area (Å²) < 4.78 is 35.7. The first kappa shape index (κ1) is 13.0. The topological polar surface area (TPSA) is 70.6 Å². The Bertz CT molecular complexity index is 205. The molecule has 4 N–H and O–H groups in total. The highest BCUT2D eigenvalue weighted by molar-refractivity contribution is 5.84. The fraction of sp³-hybridized carbons (Fsp3) is 0.857. The van der Waals surface area contributed by atoms with Crippen LogP contribution in [0.2, 0.25) is 0 Å². The van der Waals surface area contributed by atoms with Gasteiger partial charge in [0.05, 0.1) is 12.5 Å². The number of oxime groups is 1. The maximum Gasteiger partial charge on any atom is 0.390 e. The van der Waals surface area contributed by atoms with Crippen LogP contribution in [0.5, 0.6) is 0 Å². The maximum atomic E-state index is 11.9. The molecule has 0 aromatic heterocycles. The lowest BCUT2D eigenvalue weighted by molar-refractivity contribution is -0.139. The molecule has 2 unspecified atom stereocenters. The van der Waals surface area contributed by atoms with Gasteiger partial charge >= 0.3 is 6.18 Å². The van der Waals surface area contributed by atoms with E-state index in [1.54, 1.807) is 0 Å². The Morgan fingerprint density at radius 1 is 1.50 bits per heavy atom. The number of rotatable bonds is 4. The predicted octanol–water partition coefficient (Wildman–Crippen LogP) is 1.05. The van der Waals surface area contributed by atoms with E-state index in [9.17, 15) is 13.2 Å². The Hall–Kier alpha value is -0.980. The minimum Gasteiger partial charge on any atom is -0.409 e. The van der Waals surface area contributed by atoms with Gasteiger partial charge in [0.15, 0.2) is 5.84 Å². The smallest absolute Gasteiger partial charge is 0.390 e. The molecular formula is C7H14F3N3O. The van der Waals surface area contributed by atoms with Crippen LogP contribution in [0.4, 0.5) is 13.2 Å². The first-order valence-corrected chi connectivity index (χ1v) is 4.06. The van der Waals surface area contributed by atoms with Gasteiger partial charge in [0.2, 0.25) is 0 Å². The third-order valence-corrected chi connectivity index (χ3v) is 1.63. The number of amidine groups is 1. The van der Waals surface area contributed by atoms with Crippen molar-refractivity contribution in [1.82, 2.24) is 5.32 Å². The Morgan fingerprint density at radius 2 is 2.00 bits per heavy atom. The number of nitrogens with two attached hydrogens (primary N) is 1. The van der Waals surface area contributed by atoms with Crippen molar-refractivity contribution in [3.8, 4) is 0 Å². The van der Waals surface area contributed by atoms with Crippen molar-refractivity contribution >= 4 is 5.84 Å². The van der Waals surface area contributed by atoms with E-state index in [1.807, 2.05) is 0 Å². The molecule has 84 valence electrons. The Balaban J connectivity index is 4.01. The Morgan fingerprint density at radius 3 is 2.36 bits per heavy atom. The van der Waals surface area contributed by atoms with Crippen LogP contribution in [-0.2, 0) is 0 Å².